The molecule has 3 N–H and O–H groups in total. The summed E-state index contributed by atoms with van der Waals surface area (Å²) in [6.45, 7) is 0.281. The van der Waals surface area contributed by atoms with Crippen LogP contribution in [-0.2, 0) is 16.1 Å². The summed E-state index contributed by atoms with van der Waals surface area (Å²) < 4.78 is 46.5. The minimum atomic E-state index is -4.78. The average Bonchev–Trinajstić information content (AvgIpc) is 3.23. The highest BCUT2D eigenvalue weighted by atomic mass is 19.4. The molecule has 1 aliphatic rings. The number of aldehydes is 1. The summed E-state index contributed by atoms with van der Waals surface area (Å²) in [6, 6.07) is 9.19. The van der Waals surface area contributed by atoms with E-state index in [2.05, 4.69) is 20.1 Å². The molecule has 0 radical (unpaired) electrons. The van der Waals surface area contributed by atoms with E-state index in [4.69, 9.17) is 10.6 Å². The molecule has 0 aromatic heterocycles. The van der Waals surface area contributed by atoms with Gasteiger partial charge in [-0.25, -0.2) is 0 Å². The highest BCUT2D eigenvalue weighted by Crippen LogP contribution is 2.33. The van der Waals surface area contributed by atoms with Gasteiger partial charge in [0, 0.05) is 31.0 Å². The van der Waals surface area contributed by atoms with Crippen molar-refractivity contribution in [2.45, 2.75) is 38.2 Å². The molecule has 3 rings (SSSR count). The van der Waals surface area contributed by atoms with E-state index >= 15 is 0 Å². The molecule has 10 nitrogen and oxygen atoms in total. The summed E-state index contributed by atoms with van der Waals surface area (Å²) in [4.78, 5) is 41.8. The topological polar surface area (TPSA) is 136 Å². The predicted octanol–water partition coefficient (Wildman–Crippen LogP) is 3.12. The highest BCUT2D eigenvalue weighted by molar-refractivity contribution is 6.31. The number of carbonyl (C=O) groups is 3. The fourth-order valence-corrected chi connectivity index (χ4v) is 3.84. The van der Waals surface area contributed by atoms with E-state index in [0.29, 0.717) is 34.6 Å². The van der Waals surface area contributed by atoms with Crippen LogP contribution in [0, 0.1) is 0 Å². The maximum absolute atomic E-state index is 13.0. The first-order valence-corrected chi connectivity index (χ1v) is 11.5. The lowest BCUT2D eigenvalue weighted by Gasteiger charge is -2.25. The first kappa shape index (κ1) is 28.2. The zero-order valence-electron chi connectivity index (χ0n) is 20.4. The van der Waals surface area contributed by atoms with E-state index in [1.54, 1.807) is 18.2 Å². The molecule has 13 heteroatoms. The molecular formula is C25H26F3N5O5. The van der Waals surface area contributed by atoms with Crippen molar-refractivity contribution in [3.63, 3.8) is 0 Å². The number of nitrogens with two attached hydrogens (primary N) is 1. The quantitative estimate of drug-likeness (QED) is 0.186. The Morgan fingerprint density at radius 3 is 2.61 bits per heavy atom. The molecule has 1 atom stereocenters. The van der Waals surface area contributed by atoms with Crippen LogP contribution < -0.4 is 20.6 Å². The average molecular weight is 534 g/mol. The SMILES string of the molecule is CNC(=O)C(CCC=O)N1Cc2c(OCCC(C=Nc3ccc(OC(F)(F)F)cc3)=NN)cccc2C1=O. The number of carbonyl (C=O) groups excluding carboxylic acids is 3. The predicted molar refractivity (Wildman–Crippen MR) is 132 cm³/mol. The minimum absolute atomic E-state index is 0.134. The van der Waals surface area contributed by atoms with E-state index in [9.17, 15) is 27.6 Å². The Labute approximate surface area is 216 Å². The van der Waals surface area contributed by atoms with Gasteiger partial charge in [0.25, 0.3) is 5.91 Å². The van der Waals surface area contributed by atoms with Gasteiger partial charge in [-0.2, -0.15) is 5.10 Å². The largest absolute Gasteiger partial charge is 0.573 e. The zero-order valence-corrected chi connectivity index (χ0v) is 20.4. The molecule has 0 aliphatic carbocycles. The number of benzene rings is 2. The Bertz CT molecular complexity index is 1210. The molecule has 0 bridgehead atoms. The lowest BCUT2D eigenvalue weighted by Crippen LogP contribution is -2.46. The number of hydrogen-bond donors (Lipinski definition) is 2. The Morgan fingerprint density at radius 2 is 1.97 bits per heavy atom. The molecule has 2 amide bonds. The second kappa shape index (κ2) is 12.7. The van der Waals surface area contributed by atoms with Crippen molar-refractivity contribution in [1.82, 2.24) is 10.2 Å². The van der Waals surface area contributed by atoms with Gasteiger partial charge >= 0.3 is 6.36 Å². The van der Waals surface area contributed by atoms with Crippen LogP contribution in [0.2, 0.25) is 0 Å². The summed E-state index contributed by atoms with van der Waals surface area (Å²) in [6.07, 6.45) is -2.13. The fourth-order valence-electron chi connectivity index (χ4n) is 3.84. The summed E-state index contributed by atoms with van der Waals surface area (Å²) in [7, 11) is 1.47. The van der Waals surface area contributed by atoms with Crippen LogP contribution in [-0.4, -0.2) is 61.0 Å². The van der Waals surface area contributed by atoms with E-state index in [-0.39, 0.29) is 50.0 Å². The number of likely N-dealkylation sites (N-methyl/N-ethyl adjacent to an activating group) is 1. The molecule has 38 heavy (non-hydrogen) atoms. The fraction of sp³-hybridized carbons (Fsp3) is 0.320. The number of hydrogen-bond acceptors (Lipinski definition) is 8. The summed E-state index contributed by atoms with van der Waals surface area (Å²) >= 11 is 0. The minimum Gasteiger partial charge on any atom is -0.493 e. The molecule has 0 spiro atoms. The van der Waals surface area contributed by atoms with Crippen LogP contribution in [0.25, 0.3) is 0 Å². The molecule has 1 heterocycles. The van der Waals surface area contributed by atoms with Crippen LogP contribution in [0.3, 0.4) is 0 Å². The van der Waals surface area contributed by atoms with Gasteiger partial charge in [-0.3, -0.25) is 14.6 Å². The number of alkyl halides is 3. The molecule has 2 aromatic carbocycles. The highest BCUT2D eigenvalue weighted by Gasteiger charge is 2.37. The third-order valence-electron chi connectivity index (χ3n) is 5.65. The summed E-state index contributed by atoms with van der Waals surface area (Å²) in [5, 5.41) is 6.19. The van der Waals surface area contributed by atoms with Crippen molar-refractivity contribution in [3.05, 3.63) is 53.6 Å². The number of rotatable bonds is 12. The first-order valence-electron chi connectivity index (χ1n) is 11.5. The molecule has 202 valence electrons. The van der Waals surface area contributed by atoms with Crippen molar-refractivity contribution in [2.75, 3.05) is 13.7 Å². The van der Waals surface area contributed by atoms with Crippen molar-refractivity contribution in [1.29, 1.82) is 0 Å². The van der Waals surface area contributed by atoms with Crippen LogP contribution in [0.5, 0.6) is 11.5 Å². The van der Waals surface area contributed by atoms with Crippen molar-refractivity contribution in [2.24, 2.45) is 15.9 Å². The standard InChI is InChI=1S/C25H26F3N5O5/c1-30-23(35)21(5-3-12-34)33-15-20-19(24(33)36)4-2-6-22(20)37-13-11-17(32-29)14-31-16-7-9-18(10-8-16)38-25(26,27)28/h2,4,6-10,12,14,21H,3,5,11,13,15,29H2,1H3,(H,30,35). The number of aliphatic imine (C=N–C) groups is 1. The van der Waals surface area contributed by atoms with E-state index in [1.165, 1.54) is 30.3 Å². The molecule has 0 saturated carbocycles. The second-order valence-corrected chi connectivity index (χ2v) is 8.11. The second-order valence-electron chi connectivity index (χ2n) is 8.11. The lowest BCUT2D eigenvalue weighted by molar-refractivity contribution is -0.274. The van der Waals surface area contributed by atoms with Crippen LogP contribution >= 0.6 is 0 Å². The van der Waals surface area contributed by atoms with Gasteiger partial charge in [0.1, 0.15) is 23.8 Å². The maximum Gasteiger partial charge on any atom is 0.573 e. The number of nitrogens with zero attached hydrogens (tertiary/aromatic N) is 3. The van der Waals surface area contributed by atoms with Gasteiger partial charge in [0.05, 0.1) is 30.8 Å². The molecule has 1 aliphatic heterocycles. The summed E-state index contributed by atoms with van der Waals surface area (Å²) in [5.74, 6) is 4.84. The smallest absolute Gasteiger partial charge is 0.493 e. The van der Waals surface area contributed by atoms with Gasteiger partial charge in [-0.1, -0.05) is 6.07 Å². The van der Waals surface area contributed by atoms with Crippen LogP contribution in [0.15, 0.2) is 52.6 Å². The number of halogens is 3. The summed E-state index contributed by atoms with van der Waals surface area (Å²) in [5.41, 5.74) is 1.76. The zero-order chi connectivity index (χ0) is 27.7. The number of nitrogens with one attached hydrogen (secondary N) is 1. The van der Waals surface area contributed by atoms with Gasteiger partial charge < -0.3 is 30.3 Å². The van der Waals surface area contributed by atoms with Gasteiger partial charge in [-0.05, 0) is 42.8 Å². The normalized spacial score (nSPS) is 14.4. The van der Waals surface area contributed by atoms with Crippen LogP contribution in [0.1, 0.15) is 35.2 Å². The Hall–Kier alpha value is -4.42. The van der Waals surface area contributed by atoms with Crippen LogP contribution in [0.4, 0.5) is 18.9 Å². The molecular weight excluding hydrogens is 507 g/mol. The Balaban J connectivity index is 1.62. The Morgan fingerprint density at radius 1 is 1.24 bits per heavy atom. The van der Waals surface area contributed by atoms with Crippen molar-refractivity contribution in [3.8, 4) is 11.5 Å². The van der Waals surface area contributed by atoms with E-state index in [0.717, 1.165) is 12.1 Å². The lowest BCUT2D eigenvalue weighted by atomic mass is 10.1. The number of ether oxygens (including phenoxy) is 2. The third-order valence-corrected chi connectivity index (χ3v) is 5.65. The Kier molecular flexibility index (Phi) is 9.41. The number of amides is 2. The van der Waals surface area contributed by atoms with Gasteiger partial charge in [0.2, 0.25) is 5.91 Å². The maximum atomic E-state index is 13.0. The van der Waals surface area contributed by atoms with E-state index in [1.807, 2.05) is 0 Å². The first-order chi connectivity index (χ1) is 18.2. The van der Waals surface area contributed by atoms with Crippen molar-refractivity contribution < 1.29 is 37.0 Å². The van der Waals surface area contributed by atoms with Gasteiger partial charge in [0.15, 0.2) is 0 Å². The van der Waals surface area contributed by atoms with Crippen molar-refractivity contribution >= 4 is 35.7 Å². The number of hydrazone groups is 1. The molecule has 0 saturated heterocycles. The van der Waals surface area contributed by atoms with Gasteiger partial charge in [-0.15, -0.1) is 13.2 Å². The molecule has 0 fully saturated rings. The third kappa shape index (κ3) is 7.31. The number of fused-ring (bicyclic) bond motifs is 1. The monoisotopic (exact) mass is 533 g/mol. The van der Waals surface area contributed by atoms with E-state index < -0.39 is 12.4 Å². The molecule has 1 unspecified atom stereocenters. The molecule has 2 aromatic rings.